The third-order valence-corrected chi connectivity index (χ3v) is 22.0. The normalized spacial score (nSPS) is 24.5. The van der Waals surface area contributed by atoms with Crippen molar-refractivity contribution < 1.29 is 32.3 Å². The number of nitrogens with one attached hydrogen (secondary N) is 1. The average molecular weight is 757 g/mol. The Bertz CT molecular complexity index is 1690. The number of methoxy groups -OCH3 is 1. The molecule has 5 rings (SSSR count). The van der Waals surface area contributed by atoms with Crippen LogP contribution in [0.1, 0.15) is 84.8 Å². The Morgan fingerprint density at radius 1 is 1.08 bits per heavy atom. The topological polar surface area (TPSA) is 163 Å². The fourth-order valence-electron chi connectivity index (χ4n) is 7.52. The minimum atomic E-state index is -3.08. The van der Waals surface area contributed by atoms with Crippen molar-refractivity contribution in [2.24, 2.45) is 0 Å². The minimum Gasteiger partial charge on any atom is -0.497 e. The Labute approximate surface area is 307 Å². The highest BCUT2D eigenvalue weighted by Crippen LogP contribution is 2.56. The van der Waals surface area contributed by atoms with Gasteiger partial charge in [0, 0.05) is 24.3 Å². The Balaban J connectivity index is 1.63. The molecule has 2 saturated heterocycles. The van der Waals surface area contributed by atoms with Gasteiger partial charge >= 0.3 is 17.1 Å². The van der Waals surface area contributed by atoms with Crippen LogP contribution in [0.15, 0.2) is 36.9 Å². The van der Waals surface area contributed by atoms with Crippen LogP contribution in [0.4, 0.5) is 5.82 Å². The summed E-state index contributed by atoms with van der Waals surface area (Å²) >= 11 is 1.57. The molecule has 51 heavy (non-hydrogen) atoms. The third kappa shape index (κ3) is 7.24. The van der Waals surface area contributed by atoms with Crippen molar-refractivity contribution in [2.75, 3.05) is 31.4 Å². The van der Waals surface area contributed by atoms with Gasteiger partial charge in [0.05, 0.1) is 37.0 Å². The Kier molecular flexibility index (Phi) is 12.3. The Hall–Kier alpha value is -2.89. The van der Waals surface area contributed by atoms with E-state index < -0.39 is 40.3 Å². The van der Waals surface area contributed by atoms with Crippen molar-refractivity contribution in [3.05, 3.63) is 42.5 Å². The van der Waals surface area contributed by atoms with E-state index in [4.69, 9.17) is 22.4 Å². The number of benzene rings is 1. The zero-order valence-electron chi connectivity index (χ0n) is 31.1. The lowest BCUT2D eigenvalue weighted by atomic mass is 9.95. The van der Waals surface area contributed by atoms with Crippen LogP contribution >= 0.6 is 11.8 Å². The van der Waals surface area contributed by atoms with Gasteiger partial charge in [0.15, 0.2) is 23.2 Å². The second-order valence-electron chi connectivity index (χ2n) is 14.5. The number of amides is 1. The number of aliphatic hydroxyl groups is 1. The number of thioether (sulfide) groups is 1. The molecule has 0 saturated carbocycles. The van der Waals surface area contributed by atoms with Crippen LogP contribution in [0.25, 0.3) is 11.2 Å². The van der Waals surface area contributed by atoms with Gasteiger partial charge in [0.2, 0.25) is 0 Å². The number of ether oxygens (including phenoxy) is 2. The molecular formula is C35H52N6O7SSi2. The van der Waals surface area contributed by atoms with E-state index >= 15 is 0 Å². The molecule has 0 radical (unpaired) electrons. The number of hydrogen-bond donors (Lipinski definition) is 2. The van der Waals surface area contributed by atoms with E-state index in [0.717, 1.165) is 0 Å². The number of imidazole rings is 1. The van der Waals surface area contributed by atoms with Gasteiger partial charge in [-0.05, 0) is 52.9 Å². The molecule has 0 aliphatic carbocycles. The summed E-state index contributed by atoms with van der Waals surface area (Å²) in [6.45, 7) is 17.5. The van der Waals surface area contributed by atoms with E-state index in [0.29, 0.717) is 41.1 Å². The fourth-order valence-corrected chi connectivity index (χ4v) is 20.3. The molecule has 2 aromatic heterocycles. The molecule has 1 aromatic carbocycles. The van der Waals surface area contributed by atoms with Crippen LogP contribution in [0.2, 0.25) is 22.2 Å². The van der Waals surface area contributed by atoms with Gasteiger partial charge in [-0.25, -0.2) is 15.0 Å². The molecule has 1 amide bonds. The predicted octanol–water partition coefficient (Wildman–Crippen LogP) is 6.71. The van der Waals surface area contributed by atoms with E-state index in [9.17, 15) is 15.2 Å². The van der Waals surface area contributed by atoms with E-state index in [-0.39, 0.29) is 47.1 Å². The highest BCUT2D eigenvalue weighted by atomic mass is 32.2. The molecule has 4 atom stereocenters. The van der Waals surface area contributed by atoms with Crippen LogP contribution in [0.3, 0.4) is 0 Å². The standard InChI is InChI=1S/C35H52N6O7SSi2/c1-22(2)50(23(3)4)45-19-28-30(47-51(48-50,24(5)6)25(7)8)35(15-17-42,49-18-10-16-36)34(46-28)41-21-39-29-31(37-20-38-32(29)41)40-33(43)26-11-13-27(44-9)14-12-26/h11-14,20-25,28,30,34,42H,10,15,17-19H2,1-9H3,(H,37,38,40,43)/t28-,30-,34-,35-/m1/s1. The molecule has 278 valence electrons. The molecule has 13 nitrogen and oxygen atoms in total. The molecule has 0 unspecified atom stereocenters. The number of fused-ring (bicyclic) bond motifs is 2. The quantitative estimate of drug-likeness (QED) is 0.140. The Morgan fingerprint density at radius 3 is 2.33 bits per heavy atom. The zero-order chi connectivity index (χ0) is 37.1. The number of carbonyl (C=O) groups is 1. The molecule has 0 spiro atoms. The number of rotatable bonds is 13. The number of nitriles is 1. The smallest absolute Gasteiger partial charge is 0.335 e. The number of carbonyl (C=O) groups excluding carboxylic acids is 1. The van der Waals surface area contributed by atoms with Crippen LogP contribution < -0.4 is 10.1 Å². The van der Waals surface area contributed by atoms with E-state index in [1.807, 2.05) is 4.57 Å². The van der Waals surface area contributed by atoms with Gasteiger partial charge in [-0.3, -0.25) is 9.36 Å². The molecule has 0 bridgehead atoms. The summed E-state index contributed by atoms with van der Waals surface area (Å²) in [7, 11) is -4.36. The van der Waals surface area contributed by atoms with E-state index in [1.54, 1.807) is 49.5 Å². The molecule has 2 aliphatic rings. The van der Waals surface area contributed by atoms with Gasteiger partial charge in [-0.1, -0.05) is 55.4 Å². The zero-order valence-corrected chi connectivity index (χ0v) is 33.9. The second kappa shape index (κ2) is 16.0. The van der Waals surface area contributed by atoms with Crippen LogP contribution in [0, 0.1) is 11.3 Å². The lowest BCUT2D eigenvalue weighted by Gasteiger charge is -2.52. The van der Waals surface area contributed by atoms with E-state index in [2.05, 4.69) is 81.7 Å². The maximum Gasteiger partial charge on any atom is 0.335 e. The predicted molar refractivity (Wildman–Crippen MR) is 201 cm³/mol. The molecule has 2 N–H and O–H groups in total. The molecular weight excluding hydrogens is 705 g/mol. The van der Waals surface area contributed by atoms with Crippen molar-refractivity contribution in [1.29, 1.82) is 5.26 Å². The summed E-state index contributed by atoms with van der Waals surface area (Å²) in [4.78, 5) is 26.9. The summed E-state index contributed by atoms with van der Waals surface area (Å²) in [6.07, 6.45) is 1.84. The molecule has 4 heterocycles. The number of hydrogen-bond acceptors (Lipinski definition) is 12. The maximum atomic E-state index is 13.2. The summed E-state index contributed by atoms with van der Waals surface area (Å²) in [5, 5.41) is 23.2. The van der Waals surface area contributed by atoms with E-state index in [1.165, 1.54) is 6.33 Å². The lowest BCUT2D eigenvalue weighted by Crippen LogP contribution is -2.66. The Morgan fingerprint density at radius 2 is 1.75 bits per heavy atom. The average Bonchev–Trinajstić information content (AvgIpc) is 3.63. The second-order valence-corrected chi connectivity index (χ2v) is 24.8. The van der Waals surface area contributed by atoms with Crippen molar-refractivity contribution in [3.8, 4) is 11.8 Å². The van der Waals surface area contributed by atoms with Gasteiger partial charge in [-0.15, -0.1) is 11.8 Å². The number of nitrogens with zero attached hydrogens (tertiary/aromatic N) is 5. The van der Waals surface area contributed by atoms with Gasteiger partial charge in [0.1, 0.15) is 18.2 Å². The van der Waals surface area contributed by atoms with Crippen molar-refractivity contribution in [3.63, 3.8) is 0 Å². The van der Waals surface area contributed by atoms with Gasteiger partial charge in [0.25, 0.3) is 5.91 Å². The third-order valence-electron chi connectivity index (χ3n) is 10.1. The van der Waals surface area contributed by atoms with Crippen LogP contribution in [0.5, 0.6) is 5.75 Å². The first-order valence-electron chi connectivity index (χ1n) is 17.7. The maximum absolute atomic E-state index is 13.2. The van der Waals surface area contributed by atoms with Crippen molar-refractivity contribution >= 4 is 51.8 Å². The highest BCUT2D eigenvalue weighted by Gasteiger charge is 2.66. The number of anilines is 1. The molecule has 2 aliphatic heterocycles. The number of aromatic nitrogens is 4. The first-order chi connectivity index (χ1) is 24.3. The monoisotopic (exact) mass is 756 g/mol. The van der Waals surface area contributed by atoms with Crippen LogP contribution in [-0.4, -0.2) is 90.7 Å². The molecule has 16 heteroatoms. The van der Waals surface area contributed by atoms with Gasteiger partial charge < -0.3 is 32.9 Å². The fraction of sp³-hybridized carbons (Fsp3) is 0.629. The summed E-state index contributed by atoms with van der Waals surface area (Å²) in [5.74, 6) is 1.02. The first kappa shape index (κ1) is 39.3. The summed E-state index contributed by atoms with van der Waals surface area (Å²) < 4.78 is 35.3. The van der Waals surface area contributed by atoms with Crippen LogP contribution in [-0.2, 0) is 17.7 Å². The van der Waals surface area contributed by atoms with Crippen molar-refractivity contribution in [2.45, 2.75) is 114 Å². The first-order valence-corrected chi connectivity index (χ1v) is 22.6. The summed E-state index contributed by atoms with van der Waals surface area (Å²) in [6, 6.07) is 9.05. The number of aliphatic hydroxyl groups excluding tert-OH is 1. The minimum absolute atomic E-state index is 0.0814. The van der Waals surface area contributed by atoms with Gasteiger partial charge in [-0.2, -0.15) is 5.26 Å². The van der Waals surface area contributed by atoms with Crippen molar-refractivity contribution in [1.82, 2.24) is 19.5 Å². The lowest BCUT2D eigenvalue weighted by molar-refractivity contribution is -0.0548. The summed E-state index contributed by atoms with van der Waals surface area (Å²) in [5.41, 5.74) is 1.74. The molecule has 3 aromatic rings. The SMILES string of the molecule is COc1ccc(C(=O)Nc2ncnc3c2ncn3[C@@H]2O[C@@H]3CO[Si](C(C)C)(C(C)C)O[Si](C(C)C)(C(C)C)O[C@H]3[C@@]2(CCO)SCCC#N)cc1. The molecule has 2 fully saturated rings. The highest BCUT2D eigenvalue weighted by molar-refractivity contribution is 8.00. The largest absolute Gasteiger partial charge is 0.497 e.